The molecule has 0 amide bonds. The molecule has 0 radical (unpaired) electrons. The van der Waals surface area contributed by atoms with E-state index in [1.807, 2.05) is 6.07 Å². The molecule has 2 rings (SSSR count). The van der Waals surface area contributed by atoms with E-state index >= 15 is 0 Å². The summed E-state index contributed by atoms with van der Waals surface area (Å²) in [4.78, 5) is 11.3. The van der Waals surface area contributed by atoms with Crippen LogP contribution in [0.3, 0.4) is 0 Å². The number of nitrogens with one attached hydrogen (secondary N) is 1. The molecule has 5 heteroatoms. The molecule has 1 atom stereocenters. The molecular weight excluding hydrogens is 236 g/mol. The fraction of sp³-hybridized carbons (Fsp3) is 0.333. The summed E-state index contributed by atoms with van der Waals surface area (Å²) in [5.74, 6) is 0.570. The third-order valence-electron chi connectivity index (χ3n) is 2.81. The maximum absolute atomic E-state index is 11.3. The van der Waals surface area contributed by atoms with Gasteiger partial charge in [0.05, 0.1) is 11.6 Å². The molecule has 0 aromatic heterocycles. The summed E-state index contributed by atoms with van der Waals surface area (Å²) in [6.07, 6.45) is 0.601. The Morgan fingerprint density at radius 1 is 1.59 bits per heavy atom. The zero-order chi connectivity index (χ0) is 12.3. The van der Waals surface area contributed by atoms with Crippen LogP contribution in [0.4, 0.5) is 5.69 Å². The summed E-state index contributed by atoms with van der Waals surface area (Å²) < 4.78 is 0. The van der Waals surface area contributed by atoms with Gasteiger partial charge >= 0.3 is 5.97 Å². The van der Waals surface area contributed by atoms with Crippen molar-refractivity contribution in [2.75, 3.05) is 16.8 Å². The maximum atomic E-state index is 11.3. The van der Waals surface area contributed by atoms with Gasteiger partial charge in [-0.25, -0.2) is 4.79 Å². The van der Waals surface area contributed by atoms with Gasteiger partial charge in [0.1, 0.15) is 5.54 Å². The molecule has 0 spiro atoms. The molecule has 1 aliphatic heterocycles. The first kappa shape index (κ1) is 11.8. The highest BCUT2D eigenvalue weighted by molar-refractivity contribution is 7.99. The van der Waals surface area contributed by atoms with Gasteiger partial charge in [-0.3, -0.25) is 0 Å². The number of carboxylic acids is 1. The van der Waals surface area contributed by atoms with E-state index in [4.69, 9.17) is 5.26 Å². The second-order valence-corrected chi connectivity index (χ2v) is 5.11. The molecule has 1 heterocycles. The molecule has 4 nitrogen and oxygen atoms in total. The van der Waals surface area contributed by atoms with Crippen molar-refractivity contribution in [3.8, 4) is 6.07 Å². The van der Waals surface area contributed by atoms with E-state index in [0.29, 0.717) is 23.4 Å². The summed E-state index contributed by atoms with van der Waals surface area (Å²) in [7, 11) is 0. The minimum absolute atomic E-state index is 0.529. The monoisotopic (exact) mass is 248 g/mol. The molecule has 2 N–H and O–H groups in total. The molecule has 17 heavy (non-hydrogen) atoms. The van der Waals surface area contributed by atoms with Gasteiger partial charge in [-0.2, -0.15) is 17.0 Å². The van der Waals surface area contributed by atoms with Crippen LogP contribution in [0, 0.1) is 11.3 Å². The first-order chi connectivity index (χ1) is 8.16. The maximum Gasteiger partial charge on any atom is 0.330 e. The normalized spacial score (nSPS) is 23.0. The average Bonchev–Trinajstić information content (AvgIpc) is 2.79. The molecule has 0 bridgehead atoms. The minimum Gasteiger partial charge on any atom is -0.479 e. The zero-order valence-corrected chi connectivity index (χ0v) is 9.96. The van der Waals surface area contributed by atoms with E-state index in [1.54, 1.807) is 36.0 Å². The Labute approximate surface area is 104 Å². The van der Waals surface area contributed by atoms with Gasteiger partial charge in [0.25, 0.3) is 0 Å². The van der Waals surface area contributed by atoms with Crippen LogP contribution in [-0.4, -0.2) is 28.1 Å². The average molecular weight is 248 g/mol. The molecule has 0 aliphatic carbocycles. The lowest BCUT2D eigenvalue weighted by Gasteiger charge is -2.25. The van der Waals surface area contributed by atoms with Crippen molar-refractivity contribution >= 4 is 23.4 Å². The smallest absolute Gasteiger partial charge is 0.330 e. The topological polar surface area (TPSA) is 73.1 Å². The Morgan fingerprint density at radius 3 is 3.00 bits per heavy atom. The molecule has 1 aliphatic rings. The number of carboxylic acid groups (broad SMARTS) is 1. The van der Waals surface area contributed by atoms with E-state index in [9.17, 15) is 9.90 Å². The highest BCUT2D eigenvalue weighted by Crippen LogP contribution is 2.31. The molecule has 1 fully saturated rings. The van der Waals surface area contributed by atoms with Crippen LogP contribution in [0.2, 0.25) is 0 Å². The third-order valence-corrected chi connectivity index (χ3v) is 4.00. The minimum atomic E-state index is -0.890. The Bertz CT molecular complexity index is 476. The van der Waals surface area contributed by atoms with Gasteiger partial charge in [-0.05, 0) is 30.4 Å². The van der Waals surface area contributed by atoms with Crippen molar-refractivity contribution in [3.05, 3.63) is 29.8 Å². The summed E-state index contributed by atoms with van der Waals surface area (Å²) in [5.41, 5.74) is 0.328. The van der Waals surface area contributed by atoms with E-state index < -0.39 is 11.5 Å². The number of aliphatic carboxylic acids is 1. The number of nitriles is 1. The number of benzene rings is 1. The second kappa shape index (κ2) is 4.68. The third kappa shape index (κ3) is 2.37. The molecule has 1 aromatic carbocycles. The predicted octanol–water partition coefficient (Wildman–Crippen LogP) is 1.93. The van der Waals surface area contributed by atoms with Crippen LogP contribution >= 0.6 is 11.8 Å². The van der Waals surface area contributed by atoms with Crippen molar-refractivity contribution in [2.45, 2.75) is 12.0 Å². The predicted molar refractivity (Wildman–Crippen MR) is 67.1 cm³/mol. The number of thioether (sulfide) groups is 1. The Kier molecular flexibility index (Phi) is 3.25. The Hall–Kier alpha value is -1.67. The number of nitrogens with zero attached hydrogens (tertiary/aromatic N) is 1. The number of hydrogen-bond acceptors (Lipinski definition) is 4. The SMILES string of the molecule is N#Cc1cccc(NC2(C(=O)O)CCSC2)c1. The van der Waals surface area contributed by atoms with Crippen LogP contribution in [0.5, 0.6) is 0 Å². The zero-order valence-electron chi connectivity index (χ0n) is 9.14. The summed E-state index contributed by atoms with van der Waals surface area (Å²) in [5, 5.41) is 21.2. The molecule has 0 saturated carbocycles. The van der Waals surface area contributed by atoms with Crippen LogP contribution in [-0.2, 0) is 4.79 Å². The lowest BCUT2D eigenvalue weighted by atomic mass is 9.98. The van der Waals surface area contributed by atoms with Gasteiger partial charge in [-0.1, -0.05) is 6.07 Å². The highest BCUT2D eigenvalue weighted by atomic mass is 32.2. The van der Waals surface area contributed by atoms with Crippen molar-refractivity contribution in [2.24, 2.45) is 0 Å². The molecule has 88 valence electrons. The molecule has 1 aromatic rings. The van der Waals surface area contributed by atoms with Crippen LogP contribution < -0.4 is 5.32 Å². The lowest BCUT2D eigenvalue weighted by molar-refractivity contribution is -0.141. The van der Waals surface area contributed by atoms with Crippen LogP contribution in [0.1, 0.15) is 12.0 Å². The van der Waals surface area contributed by atoms with Gasteiger partial charge in [0.2, 0.25) is 0 Å². The van der Waals surface area contributed by atoms with Gasteiger partial charge in [-0.15, -0.1) is 0 Å². The van der Waals surface area contributed by atoms with Gasteiger partial charge < -0.3 is 10.4 Å². The molecular formula is C12H12N2O2S. The number of rotatable bonds is 3. The van der Waals surface area contributed by atoms with E-state index in [-0.39, 0.29) is 0 Å². The largest absolute Gasteiger partial charge is 0.479 e. The first-order valence-electron chi connectivity index (χ1n) is 5.26. The Morgan fingerprint density at radius 2 is 2.41 bits per heavy atom. The van der Waals surface area contributed by atoms with E-state index in [0.717, 1.165) is 5.75 Å². The fourth-order valence-electron chi connectivity index (χ4n) is 1.83. The molecule has 1 saturated heterocycles. The fourth-order valence-corrected chi connectivity index (χ4v) is 3.15. The summed E-state index contributed by atoms with van der Waals surface area (Å²) in [6, 6.07) is 8.95. The van der Waals surface area contributed by atoms with Crippen molar-refractivity contribution < 1.29 is 9.90 Å². The van der Waals surface area contributed by atoms with Gasteiger partial charge in [0.15, 0.2) is 0 Å². The van der Waals surface area contributed by atoms with Crippen LogP contribution in [0.15, 0.2) is 24.3 Å². The van der Waals surface area contributed by atoms with Crippen molar-refractivity contribution in [3.63, 3.8) is 0 Å². The summed E-state index contributed by atoms with van der Waals surface area (Å²) >= 11 is 1.63. The number of hydrogen-bond donors (Lipinski definition) is 2. The van der Waals surface area contributed by atoms with Crippen molar-refractivity contribution in [1.29, 1.82) is 5.26 Å². The van der Waals surface area contributed by atoms with E-state index in [1.165, 1.54) is 0 Å². The van der Waals surface area contributed by atoms with Crippen molar-refractivity contribution in [1.82, 2.24) is 0 Å². The number of anilines is 1. The quantitative estimate of drug-likeness (QED) is 0.855. The first-order valence-corrected chi connectivity index (χ1v) is 6.41. The van der Waals surface area contributed by atoms with Crippen LogP contribution in [0.25, 0.3) is 0 Å². The Balaban J connectivity index is 2.24. The number of carbonyl (C=O) groups is 1. The standard InChI is InChI=1S/C12H12N2O2S/c13-7-9-2-1-3-10(6-9)14-12(11(15)16)4-5-17-8-12/h1-3,6,14H,4-5,8H2,(H,15,16). The van der Waals surface area contributed by atoms with E-state index in [2.05, 4.69) is 5.32 Å². The lowest BCUT2D eigenvalue weighted by Crippen LogP contribution is -2.46. The summed E-state index contributed by atoms with van der Waals surface area (Å²) in [6.45, 7) is 0. The second-order valence-electron chi connectivity index (χ2n) is 4.01. The highest BCUT2D eigenvalue weighted by Gasteiger charge is 2.41. The molecule has 1 unspecified atom stereocenters. The van der Waals surface area contributed by atoms with Gasteiger partial charge in [0, 0.05) is 11.4 Å².